The second kappa shape index (κ2) is 11.3. The zero-order valence-corrected chi connectivity index (χ0v) is 22.9. The highest BCUT2D eigenvalue weighted by molar-refractivity contribution is 7.89. The van der Waals surface area contributed by atoms with Gasteiger partial charge in [-0.05, 0) is 54.7 Å². The summed E-state index contributed by atoms with van der Waals surface area (Å²) in [5.41, 5.74) is -0.922. The number of sulfonamides is 1. The topological polar surface area (TPSA) is 69.3 Å². The largest absolute Gasteiger partial charge is 0.435 e. The Morgan fingerprint density at radius 1 is 0.902 bits per heavy atom. The van der Waals surface area contributed by atoms with Gasteiger partial charge in [0.15, 0.2) is 5.69 Å². The molecule has 0 saturated heterocycles. The van der Waals surface area contributed by atoms with Crippen molar-refractivity contribution in [3.8, 4) is 0 Å². The fourth-order valence-electron chi connectivity index (χ4n) is 5.90. The lowest BCUT2D eigenvalue weighted by molar-refractivity contribution is -0.141. The maximum atomic E-state index is 13.8. The van der Waals surface area contributed by atoms with Gasteiger partial charge in [0.25, 0.3) is 0 Å². The Labute approximate surface area is 234 Å². The summed E-state index contributed by atoms with van der Waals surface area (Å²) >= 11 is 0. The van der Waals surface area contributed by atoms with Gasteiger partial charge in [0.1, 0.15) is 0 Å². The molecule has 1 fully saturated rings. The first-order chi connectivity index (χ1) is 19.3. The van der Waals surface area contributed by atoms with Crippen molar-refractivity contribution in [3.05, 3.63) is 77.4 Å². The van der Waals surface area contributed by atoms with Crippen LogP contribution in [-0.2, 0) is 35.5 Å². The van der Waals surface area contributed by atoms with Crippen LogP contribution in [0.2, 0.25) is 0 Å². The van der Waals surface area contributed by atoms with Gasteiger partial charge < -0.3 is 9.88 Å². The Balaban J connectivity index is 1.52. The molecule has 0 spiro atoms. The standard InChI is InChI=1S/C28H30F6N4O2S/c29-27(30,31)21-10-13-23(14-11-21)41(39,40)37-15-20-7-3-4-8-25(20)38(17-24-26(28(32,33)34)36-18-35-24)22(16-37)12-9-19-5-1-2-6-19/h3-4,7-8,10-11,13-14,18-19,22H,1-2,5-6,9,12,15-17H2,(H,35,36). The fraction of sp³-hybridized carbons (Fsp3) is 0.464. The van der Waals surface area contributed by atoms with Crippen LogP contribution >= 0.6 is 0 Å². The number of halogens is 6. The van der Waals surface area contributed by atoms with Crippen LogP contribution in [0.3, 0.4) is 0 Å². The average molecular weight is 601 g/mol. The van der Waals surface area contributed by atoms with Crippen molar-refractivity contribution >= 4 is 15.7 Å². The van der Waals surface area contributed by atoms with Gasteiger partial charge in [0, 0.05) is 24.8 Å². The number of nitrogens with one attached hydrogen (secondary N) is 1. The highest BCUT2D eigenvalue weighted by Crippen LogP contribution is 2.38. The lowest BCUT2D eigenvalue weighted by atomic mass is 9.97. The Morgan fingerprint density at radius 3 is 2.24 bits per heavy atom. The minimum atomic E-state index is -4.67. The van der Waals surface area contributed by atoms with E-state index in [9.17, 15) is 34.8 Å². The van der Waals surface area contributed by atoms with Crippen molar-refractivity contribution in [2.75, 3.05) is 11.4 Å². The van der Waals surface area contributed by atoms with Crippen molar-refractivity contribution < 1.29 is 34.8 Å². The second-order valence-electron chi connectivity index (χ2n) is 10.7. The normalized spacial score (nSPS) is 19.4. The molecule has 5 rings (SSSR count). The maximum absolute atomic E-state index is 13.8. The van der Waals surface area contributed by atoms with Gasteiger partial charge in [-0.15, -0.1) is 0 Å². The number of nitrogens with zero attached hydrogens (tertiary/aromatic N) is 3. The number of benzene rings is 2. The Morgan fingerprint density at radius 2 is 1.59 bits per heavy atom. The number of alkyl halides is 6. The van der Waals surface area contributed by atoms with Gasteiger partial charge >= 0.3 is 12.4 Å². The number of hydrogen-bond donors (Lipinski definition) is 1. The lowest BCUT2D eigenvalue weighted by Gasteiger charge is -2.35. The highest BCUT2D eigenvalue weighted by atomic mass is 32.2. The number of para-hydroxylation sites is 1. The predicted molar refractivity (Wildman–Crippen MR) is 140 cm³/mol. The summed E-state index contributed by atoms with van der Waals surface area (Å²) < 4.78 is 109. The molecule has 3 aromatic rings. The summed E-state index contributed by atoms with van der Waals surface area (Å²) in [6.07, 6.45) is -2.64. The predicted octanol–water partition coefficient (Wildman–Crippen LogP) is 7.00. The first-order valence-corrected chi connectivity index (χ1v) is 14.9. The molecule has 1 N–H and O–H groups in total. The Hall–Kier alpha value is -3.06. The third-order valence-corrected chi connectivity index (χ3v) is 9.85. The molecule has 2 aromatic carbocycles. The molecule has 6 nitrogen and oxygen atoms in total. The van der Waals surface area contributed by atoms with Gasteiger partial charge in [-0.1, -0.05) is 43.9 Å². The van der Waals surface area contributed by atoms with E-state index in [-0.39, 0.29) is 30.2 Å². The molecule has 13 heteroatoms. The van der Waals surface area contributed by atoms with Crippen LogP contribution in [0.25, 0.3) is 0 Å². The molecule has 1 aliphatic heterocycles. The number of anilines is 1. The second-order valence-corrected chi connectivity index (χ2v) is 12.6. The van der Waals surface area contributed by atoms with Crippen molar-refractivity contribution in [1.29, 1.82) is 0 Å². The van der Waals surface area contributed by atoms with E-state index < -0.39 is 39.7 Å². The number of H-pyrrole nitrogens is 1. The zero-order chi connectivity index (χ0) is 29.4. The number of imidazole rings is 1. The molecule has 0 radical (unpaired) electrons. The first-order valence-electron chi connectivity index (χ1n) is 13.5. The van der Waals surface area contributed by atoms with E-state index in [2.05, 4.69) is 9.97 Å². The molecule has 1 atom stereocenters. The van der Waals surface area contributed by atoms with Crippen molar-refractivity contribution in [3.63, 3.8) is 0 Å². The molecular weight excluding hydrogens is 570 g/mol. The summed E-state index contributed by atoms with van der Waals surface area (Å²) in [6, 6.07) is 9.81. The van der Waals surface area contributed by atoms with Gasteiger partial charge in [-0.25, -0.2) is 13.4 Å². The third kappa shape index (κ3) is 6.40. The van der Waals surface area contributed by atoms with Gasteiger partial charge in [-0.3, -0.25) is 0 Å². The number of rotatable bonds is 7. The van der Waals surface area contributed by atoms with Crippen molar-refractivity contribution in [2.24, 2.45) is 5.92 Å². The van der Waals surface area contributed by atoms with E-state index in [1.807, 2.05) is 4.90 Å². The molecule has 0 bridgehead atoms. The molecule has 41 heavy (non-hydrogen) atoms. The number of aromatic nitrogens is 2. The maximum Gasteiger partial charge on any atom is 0.435 e. The molecule has 2 heterocycles. The Bertz CT molecular complexity index is 1450. The lowest BCUT2D eigenvalue weighted by Crippen LogP contribution is -2.43. The SMILES string of the molecule is O=S(=O)(c1ccc(C(F)(F)F)cc1)N1Cc2ccccc2N(Cc2[nH]cnc2C(F)(F)F)C(CCC2CCCC2)C1. The van der Waals surface area contributed by atoms with E-state index >= 15 is 0 Å². The molecule has 1 aliphatic carbocycles. The average Bonchev–Trinajstić information content (AvgIpc) is 3.58. The molecule has 1 unspecified atom stereocenters. The fourth-order valence-corrected chi connectivity index (χ4v) is 7.36. The Kier molecular flexibility index (Phi) is 8.12. The smallest absolute Gasteiger partial charge is 0.361 e. The van der Waals surface area contributed by atoms with Crippen LogP contribution in [0.15, 0.2) is 59.8 Å². The van der Waals surface area contributed by atoms with Crippen LogP contribution in [0, 0.1) is 5.92 Å². The van der Waals surface area contributed by atoms with E-state index in [4.69, 9.17) is 0 Å². The van der Waals surface area contributed by atoms with Gasteiger partial charge in [0.05, 0.1) is 29.0 Å². The van der Waals surface area contributed by atoms with E-state index in [0.29, 0.717) is 23.6 Å². The summed E-state index contributed by atoms with van der Waals surface area (Å²) in [5.74, 6) is 0.452. The van der Waals surface area contributed by atoms with Crippen LogP contribution in [0.1, 0.15) is 61.0 Å². The summed E-state index contributed by atoms with van der Waals surface area (Å²) in [5, 5.41) is 0. The molecule has 222 valence electrons. The van der Waals surface area contributed by atoms with Crippen LogP contribution in [0.5, 0.6) is 0 Å². The van der Waals surface area contributed by atoms with Crippen LogP contribution in [-0.4, -0.2) is 35.3 Å². The van der Waals surface area contributed by atoms with Crippen LogP contribution < -0.4 is 4.90 Å². The minimum Gasteiger partial charge on any atom is -0.361 e. The van der Waals surface area contributed by atoms with E-state index in [0.717, 1.165) is 62.7 Å². The monoisotopic (exact) mass is 600 g/mol. The molecular formula is C28H30F6N4O2S. The minimum absolute atomic E-state index is 0.0414. The molecule has 0 amide bonds. The number of aromatic amines is 1. The number of fused-ring (bicyclic) bond motifs is 1. The van der Waals surface area contributed by atoms with E-state index in [1.165, 1.54) is 4.31 Å². The van der Waals surface area contributed by atoms with Gasteiger partial charge in [-0.2, -0.15) is 30.6 Å². The van der Waals surface area contributed by atoms with Crippen molar-refractivity contribution in [2.45, 2.75) is 74.9 Å². The van der Waals surface area contributed by atoms with Gasteiger partial charge in [0.2, 0.25) is 10.0 Å². The molecule has 1 aromatic heterocycles. The molecule has 1 saturated carbocycles. The molecule has 2 aliphatic rings. The summed E-state index contributed by atoms with van der Waals surface area (Å²) in [6.45, 7) is -0.291. The highest BCUT2D eigenvalue weighted by Gasteiger charge is 2.40. The van der Waals surface area contributed by atoms with Crippen LogP contribution in [0.4, 0.5) is 32.0 Å². The summed E-state index contributed by atoms with van der Waals surface area (Å²) in [7, 11) is -4.24. The number of hydrogen-bond acceptors (Lipinski definition) is 4. The zero-order valence-electron chi connectivity index (χ0n) is 22.0. The summed E-state index contributed by atoms with van der Waals surface area (Å²) in [4.78, 5) is 7.64. The third-order valence-electron chi connectivity index (χ3n) is 8.02. The van der Waals surface area contributed by atoms with Crippen molar-refractivity contribution in [1.82, 2.24) is 14.3 Å². The quantitative estimate of drug-likeness (QED) is 0.297. The first kappa shape index (κ1) is 29.4. The van der Waals surface area contributed by atoms with E-state index in [1.54, 1.807) is 24.3 Å².